The van der Waals surface area contributed by atoms with E-state index < -0.39 is 0 Å². The van der Waals surface area contributed by atoms with Crippen molar-refractivity contribution in [3.8, 4) is 0 Å². The van der Waals surface area contributed by atoms with Gasteiger partial charge in [-0.2, -0.15) is 0 Å². The average Bonchev–Trinajstić information content (AvgIpc) is 2.33. The largest absolute Gasteiger partial charge is 0.356 e. The van der Waals surface area contributed by atoms with Crippen molar-refractivity contribution >= 4 is 29.9 Å². The highest BCUT2D eigenvalue weighted by molar-refractivity contribution is 14.0. The average molecular weight is 382 g/mol. The maximum absolute atomic E-state index is 4.27. The van der Waals surface area contributed by atoms with E-state index in [-0.39, 0.29) is 24.0 Å². The van der Waals surface area contributed by atoms with Gasteiger partial charge < -0.3 is 15.5 Å². The molecule has 1 saturated heterocycles. The molecular weight excluding hydrogens is 351 g/mol. The van der Waals surface area contributed by atoms with E-state index in [4.69, 9.17) is 0 Å². The molecular formula is C14H31IN4. The zero-order valence-electron chi connectivity index (χ0n) is 12.9. The molecule has 0 saturated carbocycles. The van der Waals surface area contributed by atoms with Crippen LogP contribution >= 0.6 is 24.0 Å². The quantitative estimate of drug-likeness (QED) is 0.435. The maximum atomic E-state index is 4.27. The number of hydrogen-bond acceptors (Lipinski definition) is 2. The molecule has 1 atom stereocenters. The summed E-state index contributed by atoms with van der Waals surface area (Å²) < 4.78 is 0. The van der Waals surface area contributed by atoms with Crippen LogP contribution < -0.4 is 10.6 Å². The normalized spacial score (nSPS) is 21.1. The van der Waals surface area contributed by atoms with Gasteiger partial charge in [0.15, 0.2) is 5.96 Å². The van der Waals surface area contributed by atoms with E-state index in [9.17, 15) is 0 Å². The highest BCUT2D eigenvalue weighted by atomic mass is 127. The van der Waals surface area contributed by atoms with E-state index in [0.29, 0.717) is 0 Å². The number of rotatable bonds is 5. The minimum absolute atomic E-state index is 0. The Morgan fingerprint density at radius 2 is 2.11 bits per heavy atom. The molecule has 0 aliphatic carbocycles. The molecule has 1 heterocycles. The number of aliphatic imine (C=N–C) groups is 1. The Hall–Kier alpha value is -0.0400. The second-order valence-electron chi connectivity index (χ2n) is 5.83. The van der Waals surface area contributed by atoms with Crippen LogP contribution in [-0.2, 0) is 0 Å². The van der Waals surface area contributed by atoms with E-state index >= 15 is 0 Å². The van der Waals surface area contributed by atoms with Crippen molar-refractivity contribution in [1.29, 1.82) is 0 Å². The third kappa shape index (κ3) is 8.68. The van der Waals surface area contributed by atoms with Crippen LogP contribution in [0.1, 0.15) is 33.1 Å². The molecule has 4 nitrogen and oxygen atoms in total. The van der Waals surface area contributed by atoms with Crippen LogP contribution in [0.25, 0.3) is 0 Å². The molecule has 114 valence electrons. The van der Waals surface area contributed by atoms with Gasteiger partial charge in [0.1, 0.15) is 0 Å². The van der Waals surface area contributed by atoms with Crippen LogP contribution in [0.3, 0.4) is 0 Å². The van der Waals surface area contributed by atoms with Crippen molar-refractivity contribution in [3.63, 3.8) is 0 Å². The molecule has 1 unspecified atom stereocenters. The molecule has 0 aromatic carbocycles. The van der Waals surface area contributed by atoms with Crippen LogP contribution in [-0.4, -0.2) is 51.1 Å². The number of nitrogens with zero attached hydrogens (tertiary/aromatic N) is 2. The lowest BCUT2D eigenvalue weighted by Gasteiger charge is -2.30. The second kappa shape index (κ2) is 10.7. The van der Waals surface area contributed by atoms with Crippen molar-refractivity contribution in [1.82, 2.24) is 15.5 Å². The van der Waals surface area contributed by atoms with Gasteiger partial charge in [0, 0.05) is 26.7 Å². The zero-order chi connectivity index (χ0) is 13.4. The summed E-state index contributed by atoms with van der Waals surface area (Å²) in [6.07, 6.45) is 3.84. The number of likely N-dealkylation sites (tertiary alicyclic amines) is 1. The third-order valence-corrected chi connectivity index (χ3v) is 3.52. The van der Waals surface area contributed by atoms with Crippen LogP contribution in [0.5, 0.6) is 0 Å². The summed E-state index contributed by atoms with van der Waals surface area (Å²) in [7, 11) is 4.06. The molecule has 1 rings (SSSR count). The number of piperidine rings is 1. The third-order valence-electron chi connectivity index (χ3n) is 3.52. The minimum atomic E-state index is 0. The Labute approximate surface area is 135 Å². The van der Waals surface area contributed by atoms with Crippen molar-refractivity contribution in [2.24, 2.45) is 16.8 Å². The topological polar surface area (TPSA) is 39.7 Å². The SMILES string of the molecule is CN=C(NCCC(C)C)NCC1CCCN(C)C1.I. The van der Waals surface area contributed by atoms with E-state index in [1.807, 2.05) is 7.05 Å². The molecule has 0 spiro atoms. The lowest BCUT2D eigenvalue weighted by Crippen LogP contribution is -2.43. The van der Waals surface area contributed by atoms with Crippen LogP contribution in [0.2, 0.25) is 0 Å². The van der Waals surface area contributed by atoms with Gasteiger partial charge in [-0.15, -0.1) is 24.0 Å². The van der Waals surface area contributed by atoms with E-state index in [2.05, 4.69) is 41.4 Å². The van der Waals surface area contributed by atoms with Crippen molar-refractivity contribution in [2.75, 3.05) is 40.3 Å². The highest BCUT2D eigenvalue weighted by Gasteiger charge is 2.17. The lowest BCUT2D eigenvalue weighted by molar-refractivity contribution is 0.210. The number of guanidine groups is 1. The summed E-state index contributed by atoms with van der Waals surface area (Å²) in [5.41, 5.74) is 0. The minimum Gasteiger partial charge on any atom is -0.356 e. The molecule has 5 heteroatoms. The van der Waals surface area contributed by atoms with Crippen LogP contribution in [0.15, 0.2) is 4.99 Å². The predicted molar refractivity (Wildman–Crippen MR) is 94.5 cm³/mol. The summed E-state index contributed by atoms with van der Waals surface area (Å²) >= 11 is 0. The van der Waals surface area contributed by atoms with Crippen molar-refractivity contribution in [3.05, 3.63) is 0 Å². The van der Waals surface area contributed by atoms with Crippen molar-refractivity contribution < 1.29 is 0 Å². The molecule has 0 aromatic heterocycles. The van der Waals surface area contributed by atoms with Gasteiger partial charge in [0.05, 0.1) is 0 Å². The monoisotopic (exact) mass is 382 g/mol. The smallest absolute Gasteiger partial charge is 0.190 e. The molecule has 2 N–H and O–H groups in total. The fourth-order valence-electron chi connectivity index (χ4n) is 2.38. The molecule has 19 heavy (non-hydrogen) atoms. The fraction of sp³-hybridized carbons (Fsp3) is 0.929. The first kappa shape index (κ1) is 19.0. The Morgan fingerprint density at radius 1 is 1.37 bits per heavy atom. The van der Waals surface area contributed by atoms with E-state index in [0.717, 1.165) is 30.9 Å². The standard InChI is InChI=1S/C14H30N4.HI/c1-12(2)7-8-16-14(15-3)17-10-13-6-5-9-18(4)11-13;/h12-13H,5-11H2,1-4H3,(H2,15,16,17);1H. The Bertz CT molecular complexity index is 256. The molecule has 1 fully saturated rings. The van der Waals surface area contributed by atoms with Crippen molar-refractivity contribution in [2.45, 2.75) is 33.1 Å². The molecule has 0 amide bonds. The van der Waals surface area contributed by atoms with Crippen LogP contribution in [0.4, 0.5) is 0 Å². The molecule has 0 aromatic rings. The summed E-state index contributed by atoms with van der Waals surface area (Å²) in [6, 6.07) is 0. The number of hydrogen-bond donors (Lipinski definition) is 2. The molecule has 0 radical (unpaired) electrons. The fourth-order valence-corrected chi connectivity index (χ4v) is 2.38. The number of halogens is 1. The molecule has 1 aliphatic rings. The Kier molecular flexibility index (Phi) is 10.7. The molecule has 0 bridgehead atoms. The van der Waals surface area contributed by atoms with Gasteiger partial charge in [-0.25, -0.2) is 0 Å². The maximum Gasteiger partial charge on any atom is 0.190 e. The Morgan fingerprint density at radius 3 is 2.68 bits per heavy atom. The summed E-state index contributed by atoms with van der Waals surface area (Å²) in [5, 5.41) is 6.82. The van der Waals surface area contributed by atoms with E-state index in [1.165, 1.54) is 32.4 Å². The highest BCUT2D eigenvalue weighted by Crippen LogP contribution is 2.13. The summed E-state index contributed by atoms with van der Waals surface area (Å²) in [4.78, 5) is 6.69. The zero-order valence-corrected chi connectivity index (χ0v) is 15.2. The second-order valence-corrected chi connectivity index (χ2v) is 5.83. The van der Waals surface area contributed by atoms with Gasteiger partial charge in [-0.1, -0.05) is 13.8 Å². The van der Waals surface area contributed by atoms with Gasteiger partial charge in [0.2, 0.25) is 0 Å². The number of nitrogens with one attached hydrogen (secondary N) is 2. The lowest BCUT2D eigenvalue weighted by atomic mass is 9.99. The summed E-state index contributed by atoms with van der Waals surface area (Å²) in [5.74, 6) is 2.44. The predicted octanol–water partition coefficient (Wildman–Crippen LogP) is 2.16. The van der Waals surface area contributed by atoms with Gasteiger partial charge in [-0.05, 0) is 44.7 Å². The first-order valence-electron chi connectivity index (χ1n) is 7.25. The van der Waals surface area contributed by atoms with Crippen LogP contribution in [0, 0.1) is 11.8 Å². The first-order valence-corrected chi connectivity index (χ1v) is 7.25. The summed E-state index contributed by atoms with van der Waals surface area (Å²) in [6.45, 7) is 8.98. The van der Waals surface area contributed by atoms with Gasteiger partial charge in [-0.3, -0.25) is 4.99 Å². The van der Waals surface area contributed by atoms with E-state index in [1.54, 1.807) is 0 Å². The van der Waals surface area contributed by atoms with Gasteiger partial charge in [0.25, 0.3) is 0 Å². The molecule has 1 aliphatic heterocycles. The first-order chi connectivity index (χ1) is 8.61. The Balaban J connectivity index is 0.00000324. The van der Waals surface area contributed by atoms with Gasteiger partial charge >= 0.3 is 0 Å².